The van der Waals surface area contributed by atoms with Crippen LogP contribution < -0.4 is 10.9 Å². The van der Waals surface area contributed by atoms with Gasteiger partial charge in [0.2, 0.25) is 5.91 Å². The Hall–Kier alpha value is -2.54. The molecule has 1 aromatic carbocycles. The summed E-state index contributed by atoms with van der Waals surface area (Å²) in [6.07, 6.45) is 9.69. The lowest BCUT2D eigenvalue weighted by molar-refractivity contribution is -0.120. The first-order chi connectivity index (χ1) is 13.6. The van der Waals surface area contributed by atoms with Gasteiger partial charge in [-0.05, 0) is 30.9 Å². The van der Waals surface area contributed by atoms with Crippen molar-refractivity contribution in [1.29, 1.82) is 0 Å². The largest absolute Gasteiger partial charge is 0.300 e. The first-order valence-electron chi connectivity index (χ1n) is 9.80. The summed E-state index contributed by atoms with van der Waals surface area (Å²) in [4.78, 5) is 35.0. The van der Waals surface area contributed by atoms with Crippen molar-refractivity contribution in [2.75, 3.05) is 5.32 Å². The molecule has 28 heavy (non-hydrogen) atoms. The summed E-state index contributed by atoms with van der Waals surface area (Å²) in [5, 5.41) is 5.80. The number of hydrogen-bond donors (Lipinski definition) is 1. The average Bonchev–Trinajstić information content (AvgIpc) is 3.21. The smallest absolute Gasteiger partial charge is 0.261 e. The third-order valence-electron chi connectivity index (χ3n) is 5.60. The molecule has 3 aromatic rings. The number of rotatable bonds is 5. The standard InChI is InChI=1S/C21H24N4O2S/c1-14-6-5-9-16-18(14)23-13-25(20(16)27)17(12-15-7-3-2-4-8-15)19(26)24-21-22-10-11-28-21/h5-6,9-11,13,15,17H,2-4,7-8,12H2,1H3,(H,22,24,26). The molecule has 1 aliphatic carbocycles. The number of nitrogens with zero attached hydrogens (tertiary/aromatic N) is 3. The molecule has 1 saturated carbocycles. The van der Waals surface area contributed by atoms with E-state index in [1.807, 2.05) is 24.4 Å². The average molecular weight is 397 g/mol. The molecular weight excluding hydrogens is 372 g/mol. The van der Waals surface area contributed by atoms with Gasteiger partial charge in [-0.15, -0.1) is 11.3 Å². The topological polar surface area (TPSA) is 76.9 Å². The Morgan fingerprint density at radius 2 is 2.11 bits per heavy atom. The van der Waals surface area contributed by atoms with Crippen LogP contribution in [0.25, 0.3) is 10.9 Å². The van der Waals surface area contributed by atoms with E-state index in [1.165, 1.54) is 41.5 Å². The van der Waals surface area contributed by atoms with Crippen molar-refractivity contribution < 1.29 is 4.79 Å². The van der Waals surface area contributed by atoms with Crippen LogP contribution in [0.15, 0.2) is 40.9 Å². The van der Waals surface area contributed by atoms with Gasteiger partial charge < -0.3 is 5.32 Å². The molecule has 0 radical (unpaired) electrons. The highest BCUT2D eigenvalue weighted by molar-refractivity contribution is 7.13. The Labute approximate surface area is 167 Å². The number of aryl methyl sites for hydroxylation is 1. The van der Waals surface area contributed by atoms with Gasteiger partial charge in [-0.2, -0.15) is 0 Å². The van der Waals surface area contributed by atoms with E-state index in [2.05, 4.69) is 15.3 Å². The Morgan fingerprint density at radius 1 is 1.29 bits per heavy atom. The van der Waals surface area contributed by atoms with Crippen LogP contribution in [-0.2, 0) is 4.79 Å². The highest BCUT2D eigenvalue weighted by Gasteiger charge is 2.28. The van der Waals surface area contributed by atoms with Crippen LogP contribution in [-0.4, -0.2) is 20.4 Å². The van der Waals surface area contributed by atoms with Crippen LogP contribution in [0.4, 0.5) is 5.13 Å². The molecule has 4 rings (SSSR count). The number of nitrogens with one attached hydrogen (secondary N) is 1. The lowest BCUT2D eigenvalue weighted by atomic mass is 9.84. The van der Waals surface area contributed by atoms with Crippen LogP contribution in [0.1, 0.15) is 50.1 Å². The normalized spacial score (nSPS) is 16.2. The molecule has 1 fully saturated rings. The summed E-state index contributed by atoms with van der Waals surface area (Å²) in [5.74, 6) is 0.248. The molecular formula is C21H24N4O2S. The van der Waals surface area contributed by atoms with Crippen molar-refractivity contribution >= 4 is 33.3 Å². The van der Waals surface area contributed by atoms with Crippen LogP contribution >= 0.6 is 11.3 Å². The van der Waals surface area contributed by atoms with Crippen LogP contribution in [0.2, 0.25) is 0 Å². The molecule has 2 heterocycles. The Bertz CT molecular complexity index is 1020. The minimum absolute atomic E-state index is 0.163. The molecule has 0 saturated heterocycles. The molecule has 146 valence electrons. The fraction of sp³-hybridized carbons (Fsp3) is 0.429. The van der Waals surface area contributed by atoms with E-state index in [0.717, 1.165) is 18.4 Å². The number of fused-ring (bicyclic) bond motifs is 1. The fourth-order valence-electron chi connectivity index (χ4n) is 4.10. The first-order valence-corrected chi connectivity index (χ1v) is 10.7. The van der Waals surface area contributed by atoms with E-state index in [0.29, 0.717) is 28.4 Å². The van der Waals surface area contributed by atoms with Gasteiger partial charge in [0, 0.05) is 11.6 Å². The number of benzene rings is 1. The van der Waals surface area contributed by atoms with E-state index in [4.69, 9.17) is 0 Å². The summed E-state index contributed by atoms with van der Waals surface area (Å²) < 4.78 is 1.51. The van der Waals surface area contributed by atoms with Crippen molar-refractivity contribution in [1.82, 2.24) is 14.5 Å². The van der Waals surface area contributed by atoms with Crippen molar-refractivity contribution in [3.05, 3.63) is 52.0 Å². The number of hydrogen-bond acceptors (Lipinski definition) is 5. The van der Waals surface area contributed by atoms with Crippen LogP contribution in [0, 0.1) is 12.8 Å². The van der Waals surface area contributed by atoms with Crippen LogP contribution in [0.3, 0.4) is 0 Å². The quantitative estimate of drug-likeness (QED) is 0.697. The number of amides is 1. The van der Waals surface area contributed by atoms with Gasteiger partial charge in [0.25, 0.3) is 5.56 Å². The summed E-state index contributed by atoms with van der Waals surface area (Å²) >= 11 is 1.37. The maximum absolute atomic E-state index is 13.2. The second kappa shape index (κ2) is 8.22. The zero-order valence-corrected chi connectivity index (χ0v) is 16.7. The van der Waals surface area contributed by atoms with Gasteiger partial charge in [-0.25, -0.2) is 9.97 Å². The van der Waals surface area contributed by atoms with E-state index in [9.17, 15) is 9.59 Å². The van der Waals surface area contributed by atoms with E-state index < -0.39 is 6.04 Å². The van der Waals surface area contributed by atoms with Gasteiger partial charge in [0.1, 0.15) is 6.04 Å². The van der Waals surface area contributed by atoms with Crippen molar-refractivity contribution in [3.8, 4) is 0 Å². The van der Waals surface area contributed by atoms with Gasteiger partial charge in [-0.3, -0.25) is 14.2 Å². The molecule has 1 amide bonds. The molecule has 1 unspecified atom stereocenters. The lowest BCUT2D eigenvalue weighted by Gasteiger charge is -2.27. The molecule has 7 heteroatoms. The first kappa shape index (κ1) is 18.8. The van der Waals surface area contributed by atoms with E-state index in [1.54, 1.807) is 12.3 Å². The maximum Gasteiger partial charge on any atom is 0.261 e. The predicted molar refractivity (Wildman–Crippen MR) is 112 cm³/mol. The van der Waals surface area contributed by atoms with E-state index >= 15 is 0 Å². The summed E-state index contributed by atoms with van der Waals surface area (Å²) in [7, 11) is 0. The number of para-hydroxylation sites is 1. The van der Waals surface area contributed by atoms with Crippen LogP contribution in [0.5, 0.6) is 0 Å². The molecule has 1 atom stereocenters. The molecule has 2 aromatic heterocycles. The van der Waals surface area contributed by atoms with Crippen molar-refractivity contribution in [2.45, 2.75) is 51.5 Å². The highest BCUT2D eigenvalue weighted by Crippen LogP contribution is 2.31. The van der Waals surface area contributed by atoms with Gasteiger partial charge in [0.15, 0.2) is 5.13 Å². The Morgan fingerprint density at radius 3 is 2.86 bits per heavy atom. The SMILES string of the molecule is Cc1cccc2c(=O)n(C(CC3CCCCC3)C(=O)Nc3nccs3)cnc12. The Balaban J connectivity index is 1.71. The Kier molecular flexibility index (Phi) is 5.52. The third-order valence-corrected chi connectivity index (χ3v) is 6.28. The van der Waals surface area contributed by atoms with E-state index in [-0.39, 0.29) is 11.5 Å². The number of thiazole rings is 1. The van der Waals surface area contributed by atoms with Gasteiger partial charge in [-0.1, -0.05) is 44.2 Å². The number of anilines is 1. The highest BCUT2D eigenvalue weighted by atomic mass is 32.1. The second-order valence-electron chi connectivity index (χ2n) is 7.51. The fourth-order valence-corrected chi connectivity index (χ4v) is 4.63. The van der Waals surface area contributed by atoms with Gasteiger partial charge in [0.05, 0.1) is 17.2 Å². The minimum Gasteiger partial charge on any atom is -0.300 e. The zero-order chi connectivity index (χ0) is 19.5. The third kappa shape index (κ3) is 3.85. The molecule has 0 aliphatic heterocycles. The van der Waals surface area contributed by atoms with Crippen molar-refractivity contribution in [3.63, 3.8) is 0 Å². The summed E-state index contributed by atoms with van der Waals surface area (Å²) in [6.45, 7) is 1.94. The monoisotopic (exact) mass is 396 g/mol. The molecule has 0 bridgehead atoms. The predicted octanol–water partition coefficient (Wildman–Crippen LogP) is 4.31. The van der Waals surface area contributed by atoms with Gasteiger partial charge >= 0.3 is 0 Å². The minimum atomic E-state index is -0.586. The molecule has 1 aliphatic rings. The molecule has 6 nitrogen and oxygen atoms in total. The maximum atomic E-state index is 13.2. The zero-order valence-electron chi connectivity index (χ0n) is 15.9. The number of aromatic nitrogens is 3. The number of carbonyl (C=O) groups is 1. The molecule has 0 spiro atoms. The summed E-state index contributed by atoms with van der Waals surface area (Å²) in [5.41, 5.74) is 1.49. The molecule has 1 N–H and O–H groups in total. The summed E-state index contributed by atoms with van der Waals surface area (Å²) in [6, 6.07) is 4.99. The van der Waals surface area contributed by atoms with Crippen molar-refractivity contribution in [2.24, 2.45) is 5.92 Å². The second-order valence-corrected chi connectivity index (χ2v) is 8.40. The lowest BCUT2D eigenvalue weighted by Crippen LogP contribution is -2.35. The number of carbonyl (C=O) groups excluding carboxylic acids is 1.